The van der Waals surface area contributed by atoms with E-state index < -0.39 is 22.1 Å². The maximum Gasteiger partial charge on any atom is 0.335 e. The van der Waals surface area contributed by atoms with Gasteiger partial charge in [-0.25, -0.2) is 4.79 Å². The minimum Gasteiger partial charge on any atom is -0.478 e. The zero-order valence-corrected chi connectivity index (χ0v) is 18.3. The molecule has 0 heterocycles. The normalized spacial score (nSPS) is 11.9. The predicted molar refractivity (Wildman–Crippen MR) is 114 cm³/mol. The fourth-order valence-corrected chi connectivity index (χ4v) is 5.03. The number of nitrogens with one attached hydrogen (secondary N) is 1. The van der Waals surface area contributed by atoms with Crippen LogP contribution in [0.3, 0.4) is 0 Å². The molecule has 6 heteroatoms. The molecule has 2 N–H and O–H groups in total. The van der Waals surface area contributed by atoms with Crippen LogP contribution in [0.25, 0.3) is 0 Å². The van der Waals surface area contributed by atoms with Crippen molar-refractivity contribution in [3.05, 3.63) is 53.6 Å². The Morgan fingerprint density at radius 3 is 1.58 bits per heavy atom. The lowest BCUT2D eigenvalue weighted by molar-refractivity contribution is 0.0696. The molecule has 0 aliphatic rings. The Balaban J connectivity index is 2.35. The number of anilines is 1. The van der Waals surface area contributed by atoms with E-state index in [2.05, 4.69) is 62.8 Å². The van der Waals surface area contributed by atoms with E-state index in [0.29, 0.717) is 5.56 Å². The van der Waals surface area contributed by atoms with Crippen LogP contribution in [0.4, 0.5) is 5.69 Å². The zero-order chi connectivity index (χ0) is 19.7. The SMILES string of the molecule is C[Si](C)(C)c1cc(NC(=O)c2ccc(C(=O)O)cc2)cc([Si](C)(C)C)c1. The van der Waals surface area contributed by atoms with Crippen molar-refractivity contribution in [2.75, 3.05) is 5.32 Å². The van der Waals surface area contributed by atoms with Gasteiger partial charge in [0, 0.05) is 11.3 Å². The summed E-state index contributed by atoms with van der Waals surface area (Å²) in [6, 6.07) is 12.5. The number of carbonyl (C=O) groups excluding carboxylic acids is 1. The molecule has 0 aliphatic carbocycles. The lowest BCUT2D eigenvalue weighted by Gasteiger charge is -2.24. The van der Waals surface area contributed by atoms with Gasteiger partial charge in [0.05, 0.1) is 21.7 Å². The van der Waals surface area contributed by atoms with Crippen molar-refractivity contribution in [2.45, 2.75) is 39.3 Å². The lowest BCUT2D eigenvalue weighted by Crippen LogP contribution is -2.45. The van der Waals surface area contributed by atoms with E-state index in [1.807, 2.05) is 0 Å². The number of benzene rings is 2. The Morgan fingerprint density at radius 1 is 0.769 bits per heavy atom. The van der Waals surface area contributed by atoms with Gasteiger partial charge in [0.25, 0.3) is 5.91 Å². The van der Waals surface area contributed by atoms with Gasteiger partial charge in [0.1, 0.15) is 0 Å². The lowest BCUT2D eigenvalue weighted by atomic mass is 10.1. The van der Waals surface area contributed by atoms with Gasteiger partial charge in [-0.1, -0.05) is 55.7 Å². The van der Waals surface area contributed by atoms with E-state index in [0.717, 1.165) is 5.69 Å². The molecule has 0 bridgehead atoms. The predicted octanol–water partition coefficient (Wildman–Crippen LogP) is 3.73. The molecule has 0 fully saturated rings. The number of carbonyl (C=O) groups is 2. The second-order valence-corrected chi connectivity index (χ2v) is 18.8. The molecular formula is C20H27NO3Si2. The van der Waals surface area contributed by atoms with E-state index in [9.17, 15) is 9.59 Å². The van der Waals surface area contributed by atoms with Crippen LogP contribution in [0.2, 0.25) is 39.3 Å². The summed E-state index contributed by atoms with van der Waals surface area (Å²) in [6.07, 6.45) is 0. The van der Waals surface area contributed by atoms with E-state index >= 15 is 0 Å². The molecule has 138 valence electrons. The van der Waals surface area contributed by atoms with Crippen molar-refractivity contribution >= 4 is 44.1 Å². The highest BCUT2D eigenvalue weighted by molar-refractivity contribution is 6.91. The van der Waals surface area contributed by atoms with Gasteiger partial charge in [-0.3, -0.25) is 4.79 Å². The maximum atomic E-state index is 12.6. The van der Waals surface area contributed by atoms with Gasteiger partial charge >= 0.3 is 5.97 Å². The number of amides is 1. The van der Waals surface area contributed by atoms with Gasteiger partial charge in [0.15, 0.2) is 0 Å². The second-order valence-electron chi connectivity index (χ2n) is 8.64. The third kappa shape index (κ3) is 4.92. The van der Waals surface area contributed by atoms with Crippen molar-refractivity contribution in [1.29, 1.82) is 0 Å². The second kappa shape index (κ2) is 7.21. The van der Waals surface area contributed by atoms with Crippen molar-refractivity contribution in [3.63, 3.8) is 0 Å². The Hall–Kier alpha value is -2.19. The first-order valence-electron chi connectivity index (χ1n) is 8.69. The van der Waals surface area contributed by atoms with Gasteiger partial charge in [0.2, 0.25) is 0 Å². The van der Waals surface area contributed by atoms with Crippen LogP contribution in [-0.2, 0) is 0 Å². The molecule has 2 aromatic rings. The van der Waals surface area contributed by atoms with Crippen LogP contribution in [0.15, 0.2) is 42.5 Å². The summed E-state index contributed by atoms with van der Waals surface area (Å²) in [4.78, 5) is 23.5. The largest absolute Gasteiger partial charge is 0.478 e. The summed E-state index contributed by atoms with van der Waals surface area (Å²) in [5.41, 5.74) is 1.43. The summed E-state index contributed by atoms with van der Waals surface area (Å²) < 4.78 is 0. The van der Waals surface area contributed by atoms with E-state index in [-0.39, 0.29) is 11.5 Å². The number of rotatable bonds is 5. The smallest absolute Gasteiger partial charge is 0.335 e. The standard InChI is InChI=1S/C20H27NO3Si2/c1-25(2,3)17-11-16(12-18(13-17)26(4,5)6)21-19(22)14-7-9-15(10-8-14)20(23)24/h7-13H,1-6H3,(H,21,22)(H,23,24). The van der Waals surface area contributed by atoms with Crippen LogP contribution in [0.1, 0.15) is 20.7 Å². The average molecular weight is 386 g/mol. The summed E-state index contributed by atoms with van der Waals surface area (Å²) >= 11 is 0. The molecule has 0 atom stereocenters. The Kier molecular flexibility index (Phi) is 5.58. The fourth-order valence-electron chi connectivity index (χ4n) is 2.53. The first-order valence-corrected chi connectivity index (χ1v) is 15.7. The molecule has 0 spiro atoms. The highest BCUT2D eigenvalue weighted by atomic mass is 28.3. The highest BCUT2D eigenvalue weighted by Gasteiger charge is 2.23. The van der Waals surface area contributed by atoms with Crippen molar-refractivity contribution in [2.24, 2.45) is 0 Å². The maximum absolute atomic E-state index is 12.6. The molecule has 0 saturated carbocycles. The van der Waals surface area contributed by atoms with Crippen molar-refractivity contribution in [3.8, 4) is 0 Å². The summed E-state index contributed by atoms with van der Waals surface area (Å²) in [5, 5.41) is 14.6. The van der Waals surface area contributed by atoms with E-state index in [4.69, 9.17) is 5.11 Å². The van der Waals surface area contributed by atoms with Crippen LogP contribution in [0, 0.1) is 0 Å². The summed E-state index contributed by atoms with van der Waals surface area (Å²) in [7, 11) is -3.04. The Bertz CT molecular complexity index is 799. The highest BCUT2D eigenvalue weighted by Crippen LogP contribution is 2.14. The summed E-state index contributed by atoms with van der Waals surface area (Å²) in [5.74, 6) is -1.23. The van der Waals surface area contributed by atoms with E-state index in [1.54, 1.807) is 12.1 Å². The topological polar surface area (TPSA) is 66.4 Å². The molecule has 2 aromatic carbocycles. The molecule has 0 unspecified atom stereocenters. The van der Waals surface area contributed by atoms with Gasteiger partial charge in [-0.05, 0) is 36.4 Å². The molecule has 4 nitrogen and oxygen atoms in total. The van der Waals surface area contributed by atoms with Crippen LogP contribution in [-0.4, -0.2) is 33.1 Å². The molecule has 26 heavy (non-hydrogen) atoms. The van der Waals surface area contributed by atoms with Gasteiger partial charge in [-0.15, -0.1) is 0 Å². The van der Waals surface area contributed by atoms with Gasteiger partial charge in [-0.2, -0.15) is 0 Å². The number of aromatic carboxylic acids is 1. The number of carboxylic acid groups (broad SMARTS) is 1. The van der Waals surface area contributed by atoms with Crippen molar-refractivity contribution < 1.29 is 14.7 Å². The quantitative estimate of drug-likeness (QED) is 0.771. The number of carboxylic acids is 1. The first-order chi connectivity index (χ1) is 11.9. The van der Waals surface area contributed by atoms with Crippen LogP contribution in [0.5, 0.6) is 0 Å². The molecule has 0 aliphatic heterocycles. The van der Waals surface area contributed by atoms with Gasteiger partial charge < -0.3 is 10.4 Å². The van der Waals surface area contributed by atoms with Crippen LogP contribution >= 0.6 is 0 Å². The minimum atomic E-state index is -1.52. The molecule has 0 saturated heterocycles. The monoisotopic (exact) mass is 385 g/mol. The minimum absolute atomic E-state index is 0.170. The molecule has 1 amide bonds. The van der Waals surface area contributed by atoms with E-state index in [1.165, 1.54) is 22.5 Å². The molecule has 0 radical (unpaired) electrons. The fraction of sp³-hybridized carbons (Fsp3) is 0.300. The third-order valence-electron chi connectivity index (χ3n) is 4.32. The zero-order valence-electron chi connectivity index (χ0n) is 16.3. The number of hydrogen-bond acceptors (Lipinski definition) is 2. The van der Waals surface area contributed by atoms with Crippen LogP contribution < -0.4 is 15.7 Å². The average Bonchev–Trinajstić information content (AvgIpc) is 2.53. The summed E-state index contributed by atoms with van der Waals surface area (Å²) in [6.45, 7) is 13.8. The first kappa shape index (κ1) is 20.1. The van der Waals surface area contributed by atoms with Crippen molar-refractivity contribution in [1.82, 2.24) is 0 Å². The Morgan fingerprint density at radius 2 is 1.19 bits per heavy atom. The number of hydrogen-bond donors (Lipinski definition) is 2. The molecule has 0 aromatic heterocycles. The third-order valence-corrected chi connectivity index (χ3v) is 8.36. The molecule has 2 rings (SSSR count). The Labute approximate surface area is 157 Å². The molecular weight excluding hydrogens is 358 g/mol.